The van der Waals surface area contributed by atoms with Crippen LogP contribution in [0.25, 0.3) is 11.0 Å². The summed E-state index contributed by atoms with van der Waals surface area (Å²) < 4.78 is 7.28. The number of methoxy groups -OCH3 is 1. The lowest BCUT2D eigenvalue weighted by molar-refractivity contribution is -0.133. The van der Waals surface area contributed by atoms with E-state index in [1.165, 1.54) is 0 Å². The number of likely N-dealkylation sites (tertiary alicyclic amines) is 2. The van der Waals surface area contributed by atoms with Crippen molar-refractivity contribution in [3.8, 4) is 5.75 Å². The first-order valence-electron chi connectivity index (χ1n) is 12.2. The van der Waals surface area contributed by atoms with Crippen LogP contribution >= 0.6 is 0 Å². The lowest BCUT2D eigenvalue weighted by Gasteiger charge is -2.30. The monoisotopic (exact) mass is 460 g/mol. The minimum atomic E-state index is -0.0349. The second-order valence-electron chi connectivity index (χ2n) is 9.63. The minimum Gasteiger partial charge on any atom is -0.497 e. The van der Waals surface area contributed by atoms with E-state index in [2.05, 4.69) is 6.92 Å². The van der Waals surface area contributed by atoms with E-state index in [1.807, 2.05) is 62.9 Å². The van der Waals surface area contributed by atoms with Crippen molar-refractivity contribution in [3.63, 3.8) is 0 Å². The summed E-state index contributed by atoms with van der Waals surface area (Å²) in [5.74, 6) is 2.54. The van der Waals surface area contributed by atoms with Crippen LogP contribution in [0.5, 0.6) is 5.75 Å². The molecule has 0 saturated carbocycles. The van der Waals surface area contributed by atoms with Gasteiger partial charge in [-0.2, -0.15) is 0 Å². The highest BCUT2D eigenvalue weighted by Crippen LogP contribution is 2.31. The van der Waals surface area contributed by atoms with E-state index in [9.17, 15) is 9.59 Å². The smallest absolute Gasteiger partial charge is 0.242 e. The van der Waals surface area contributed by atoms with Crippen molar-refractivity contribution >= 4 is 22.8 Å². The molecule has 0 bridgehead atoms. The topological polar surface area (TPSA) is 67.7 Å². The predicted molar refractivity (Wildman–Crippen MR) is 130 cm³/mol. The first-order valence-corrected chi connectivity index (χ1v) is 12.2. The third kappa shape index (κ3) is 4.52. The van der Waals surface area contributed by atoms with Crippen molar-refractivity contribution in [1.82, 2.24) is 19.4 Å². The molecule has 2 aliphatic rings. The lowest BCUT2D eigenvalue weighted by atomic mass is 9.99. The Hall–Kier alpha value is -3.35. The molecule has 7 nitrogen and oxygen atoms in total. The number of hydrogen-bond acceptors (Lipinski definition) is 4. The summed E-state index contributed by atoms with van der Waals surface area (Å²) in [5, 5.41) is 0. The van der Waals surface area contributed by atoms with E-state index in [4.69, 9.17) is 9.72 Å². The fraction of sp³-hybridized carbons (Fsp3) is 0.444. The van der Waals surface area contributed by atoms with E-state index >= 15 is 0 Å². The summed E-state index contributed by atoms with van der Waals surface area (Å²) in [6.45, 7) is 5.32. The highest BCUT2D eigenvalue weighted by Gasteiger charge is 2.34. The molecule has 0 spiro atoms. The molecule has 2 aliphatic heterocycles. The number of benzene rings is 2. The summed E-state index contributed by atoms with van der Waals surface area (Å²) in [4.78, 5) is 34.9. The Morgan fingerprint density at radius 2 is 1.82 bits per heavy atom. The highest BCUT2D eigenvalue weighted by molar-refractivity contribution is 5.83. The quantitative estimate of drug-likeness (QED) is 0.561. The molecule has 7 heteroatoms. The molecule has 2 fully saturated rings. The van der Waals surface area contributed by atoms with Crippen molar-refractivity contribution in [1.29, 1.82) is 0 Å². The van der Waals surface area contributed by atoms with Gasteiger partial charge in [0.2, 0.25) is 11.8 Å². The molecule has 3 heterocycles. The largest absolute Gasteiger partial charge is 0.497 e. The number of carbonyl (C=O) groups excluding carboxylic acids is 2. The molecule has 0 aliphatic carbocycles. The van der Waals surface area contributed by atoms with Crippen LogP contribution in [0, 0.1) is 5.92 Å². The number of amides is 2. The zero-order valence-electron chi connectivity index (χ0n) is 19.9. The number of aromatic nitrogens is 2. The molecule has 1 unspecified atom stereocenters. The van der Waals surface area contributed by atoms with E-state index in [1.54, 1.807) is 7.11 Å². The maximum atomic E-state index is 13.2. The molecule has 3 aromatic rings. The average molecular weight is 461 g/mol. The highest BCUT2D eigenvalue weighted by atomic mass is 16.5. The summed E-state index contributed by atoms with van der Waals surface area (Å²) in [5.41, 5.74) is 2.90. The number of imidazole rings is 1. The van der Waals surface area contributed by atoms with Gasteiger partial charge in [0.15, 0.2) is 0 Å². The molecule has 178 valence electrons. The van der Waals surface area contributed by atoms with Gasteiger partial charge in [0.05, 0.1) is 18.1 Å². The predicted octanol–water partition coefficient (Wildman–Crippen LogP) is 3.82. The summed E-state index contributed by atoms with van der Waals surface area (Å²) >= 11 is 0. The number of piperidine rings is 1. The van der Waals surface area contributed by atoms with Gasteiger partial charge in [-0.05, 0) is 48.6 Å². The van der Waals surface area contributed by atoms with Crippen LogP contribution in [0.4, 0.5) is 0 Å². The Balaban J connectivity index is 1.36. The second-order valence-corrected chi connectivity index (χ2v) is 9.63. The number of nitrogens with zero attached hydrogens (tertiary/aromatic N) is 4. The van der Waals surface area contributed by atoms with Crippen LogP contribution < -0.4 is 4.74 Å². The molecule has 1 aromatic heterocycles. The van der Waals surface area contributed by atoms with Crippen molar-refractivity contribution in [3.05, 3.63) is 59.9 Å². The molecule has 34 heavy (non-hydrogen) atoms. The third-order valence-electron chi connectivity index (χ3n) is 7.23. The normalized spacial score (nSPS) is 19.2. The number of para-hydroxylation sites is 2. The fourth-order valence-corrected chi connectivity index (χ4v) is 5.11. The minimum absolute atomic E-state index is 0.0349. The van der Waals surface area contributed by atoms with Gasteiger partial charge in [-0.3, -0.25) is 9.59 Å². The number of rotatable bonds is 6. The Kier molecular flexibility index (Phi) is 6.26. The molecule has 1 atom stereocenters. The molecule has 2 aromatic carbocycles. The van der Waals surface area contributed by atoms with Gasteiger partial charge in [-0.15, -0.1) is 0 Å². The fourth-order valence-electron chi connectivity index (χ4n) is 5.11. The molecule has 0 N–H and O–H groups in total. The molecular formula is C27H32N4O3. The maximum Gasteiger partial charge on any atom is 0.242 e. The SMILES string of the molecule is COc1ccc(CN2CC(c3nc4ccccc4n3CC(=O)N3CCC(C)CC3)CC2=O)cc1. The summed E-state index contributed by atoms with van der Waals surface area (Å²) in [6, 6.07) is 15.8. The van der Waals surface area contributed by atoms with Crippen molar-refractivity contribution < 1.29 is 14.3 Å². The van der Waals surface area contributed by atoms with Gasteiger partial charge in [0, 0.05) is 38.5 Å². The molecule has 0 radical (unpaired) electrons. The summed E-state index contributed by atoms with van der Waals surface area (Å²) in [7, 11) is 1.65. The molecule has 5 rings (SSSR count). The van der Waals surface area contributed by atoms with Crippen molar-refractivity contribution in [2.45, 2.75) is 45.2 Å². The second kappa shape index (κ2) is 9.49. The molecule has 2 amide bonds. The van der Waals surface area contributed by atoms with E-state index in [-0.39, 0.29) is 24.3 Å². The standard InChI is InChI=1S/C27H32N4O3/c1-19-11-13-29(14-12-19)26(33)18-31-24-6-4-3-5-23(24)28-27(31)21-15-25(32)30(17-21)16-20-7-9-22(34-2)10-8-20/h3-10,19,21H,11-18H2,1-2H3. The zero-order chi connectivity index (χ0) is 23.7. The number of ether oxygens (including phenoxy) is 1. The van der Waals surface area contributed by atoms with Crippen LogP contribution in [0.1, 0.15) is 43.5 Å². The van der Waals surface area contributed by atoms with Crippen molar-refractivity contribution in [2.24, 2.45) is 5.92 Å². The molecule has 2 saturated heterocycles. The average Bonchev–Trinajstić information content (AvgIpc) is 3.40. The Morgan fingerprint density at radius 1 is 1.09 bits per heavy atom. The number of hydrogen-bond donors (Lipinski definition) is 0. The Bertz CT molecular complexity index is 1180. The Labute approximate surface area is 200 Å². The van der Waals surface area contributed by atoms with Crippen LogP contribution in [0.2, 0.25) is 0 Å². The van der Waals surface area contributed by atoms with Crippen LogP contribution in [0.3, 0.4) is 0 Å². The van der Waals surface area contributed by atoms with Crippen LogP contribution in [-0.2, 0) is 22.7 Å². The number of carbonyl (C=O) groups is 2. The van der Waals surface area contributed by atoms with E-state index < -0.39 is 0 Å². The Morgan fingerprint density at radius 3 is 2.56 bits per heavy atom. The van der Waals surface area contributed by atoms with Gasteiger partial charge in [0.1, 0.15) is 18.1 Å². The van der Waals surface area contributed by atoms with E-state index in [0.29, 0.717) is 25.4 Å². The maximum absolute atomic E-state index is 13.2. The number of fused-ring (bicyclic) bond motifs is 1. The van der Waals surface area contributed by atoms with Crippen LogP contribution in [-0.4, -0.2) is 57.9 Å². The van der Waals surface area contributed by atoms with Gasteiger partial charge in [0.25, 0.3) is 0 Å². The first kappa shape index (κ1) is 22.4. The van der Waals surface area contributed by atoms with Gasteiger partial charge in [-0.1, -0.05) is 31.2 Å². The van der Waals surface area contributed by atoms with Gasteiger partial charge < -0.3 is 19.1 Å². The van der Waals surface area contributed by atoms with Crippen LogP contribution in [0.15, 0.2) is 48.5 Å². The van der Waals surface area contributed by atoms with E-state index in [0.717, 1.165) is 54.1 Å². The zero-order valence-corrected chi connectivity index (χ0v) is 19.9. The van der Waals surface area contributed by atoms with Crippen molar-refractivity contribution in [2.75, 3.05) is 26.7 Å². The summed E-state index contributed by atoms with van der Waals surface area (Å²) in [6.07, 6.45) is 2.52. The van der Waals surface area contributed by atoms with Gasteiger partial charge in [-0.25, -0.2) is 4.98 Å². The first-order chi connectivity index (χ1) is 16.5. The lowest BCUT2D eigenvalue weighted by Crippen LogP contribution is -2.40. The third-order valence-corrected chi connectivity index (χ3v) is 7.23. The van der Waals surface area contributed by atoms with Gasteiger partial charge >= 0.3 is 0 Å². The molecular weight excluding hydrogens is 428 g/mol.